The maximum Gasteiger partial charge on any atom is 0.238 e. The minimum absolute atomic E-state index is 0.0169. The molecule has 22 heavy (non-hydrogen) atoms. The molecular weight excluding hydrogens is 340 g/mol. The zero-order chi connectivity index (χ0) is 15.9. The van der Waals surface area contributed by atoms with E-state index >= 15 is 0 Å². The number of hydrogen-bond acceptors (Lipinski definition) is 2. The summed E-state index contributed by atoms with van der Waals surface area (Å²) in [6.45, 7) is 6.07. The first-order valence-corrected chi connectivity index (χ1v) is 8.20. The summed E-state index contributed by atoms with van der Waals surface area (Å²) in [6, 6.07) is 16.1. The molecule has 0 radical (unpaired) electrons. The third-order valence-electron chi connectivity index (χ3n) is 3.53. The zero-order valence-electron chi connectivity index (χ0n) is 13.0. The van der Waals surface area contributed by atoms with Crippen LogP contribution < -0.4 is 5.32 Å². The molecule has 1 amide bonds. The highest BCUT2D eigenvalue weighted by molar-refractivity contribution is 9.10. The summed E-state index contributed by atoms with van der Waals surface area (Å²) < 4.78 is 1.02. The number of aryl methyl sites for hydroxylation is 1. The van der Waals surface area contributed by atoms with Crippen molar-refractivity contribution < 1.29 is 4.79 Å². The molecule has 3 nitrogen and oxygen atoms in total. The maximum absolute atomic E-state index is 12.2. The van der Waals surface area contributed by atoms with Gasteiger partial charge in [-0.05, 0) is 42.8 Å². The van der Waals surface area contributed by atoms with Crippen molar-refractivity contribution in [2.75, 3.05) is 18.4 Å². The average Bonchev–Trinajstić information content (AvgIpc) is 2.50. The van der Waals surface area contributed by atoms with Crippen LogP contribution in [0.1, 0.15) is 18.1 Å². The van der Waals surface area contributed by atoms with Gasteiger partial charge >= 0.3 is 0 Å². The normalized spacial score (nSPS) is 10.7. The quantitative estimate of drug-likeness (QED) is 0.836. The van der Waals surface area contributed by atoms with Crippen molar-refractivity contribution in [1.82, 2.24) is 4.90 Å². The van der Waals surface area contributed by atoms with Gasteiger partial charge in [-0.1, -0.05) is 53.2 Å². The van der Waals surface area contributed by atoms with Crippen molar-refractivity contribution in [1.29, 1.82) is 0 Å². The second kappa shape index (κ2) is 8.11. The van der Waals surface area contributed by atoms with Crippen molar-refractivity contribution in [3.8, 4) is 0 Å². The molecule has 0 unspecified atom stereocenters. The lowest BCUT2D eigenvalue weighted by atomic mass is 10.2. The minimum Gasteiger partial charge on any atom is -0.325 e. The van der Waals surface area contributed by atoms with Crippen molar-refractivity contribution in [2.24, 2.45) is 0 Å². The van der Waals surface area contributed by atoms with Gasteiger partial charge in [-0.2, -0.15) is 0 Å². The SMILES string of the molecule is CCN(CC(=O)Nc1ccc(Br)cc1C)Cc1ccccc1. The van der Waals surface area contributed by atoms with Crippen LogP contribution in [0, 0.1) is 6.92 Å². The lowest BCUT2D eigenvalue weighted by Crippen LogP contribution is -2.32. The van der Waals surface area contributed by atoms with Crippen LogP contribution in [0.15, 0.2) is 53.0 Å². The number of nitrogens with zero attached hydrogens (tertiary/aromatic N) is 1. The van der Waals surface area contributed by atoms with E-state index in [0.29, 0.717) is 6.54 Å². The van der Waals surface area contributed by atoms with E-state index < -0.39 is 0 Å². The molecule has 4 heteroatoms. The summed E-state index contributed by atoms with van der Waals surface area (Å²) in [7, 11) is 0. The van der Waals surface area contributed by atoms with Crippen LogP contribution in [0.4, 0.5) is 5.69 Å². The largest absolute Gasteiger partial charge is 0.325 e. The topological polar surface area (TPSA) is 32.3 Å². The molecule has 0 aliphatic rings. The van der Waals surface area contributed by atoms with Gasteiger partial charge in [-0.25, -0.2) is 0 Å². The lowest BCUT2D eigenvalue weighted by molar-refractivity contribution is -0.117. The summed E-state index contributed by atoms with van der Waals surface area (Å²) in [6.07, 6.45) is 0. The smallest absolute Gasteiger partial charge is 0.238 e. The monoisotopic (exact) mass is 360 g/mol. The van der Waals surface area contributed by atoms with E-state index in [4.69, 9.17) is 0 Å². The number of rotatable bonds is 6. The Morgan fingerprint density at radius 2 is 1.91 bits per heavy atom. The summed E-state index contributed by atoms with van der Waals surface area (Å²) in [4.78, 5) is 14.4. The van der Waals surface area contributed by atoms with Gasteiger partial charge in [-0.3, -0.25) is 9.69 Å². The van der Waals surface area contributed by atoms with Crippen LogP contribution in [-0.4, -0.2) is 23.9 Å². The zero-order valence-corrected chi connectivity index (χ0v) is 14.6. The molecule has 2 aromatic rings. The van der Waals surface area contributed by atoms with Gasteiger partial charge in [0.1, 0.15) is 0 Å². The van der Waals surface area contributed by atoms with Crippen LogP contribution in [0.2, 0.25) is 0 Å². The van der Waals surface area contributed by atoms with Gasteiger partial charge in [0.05, 0.1) is 6.54 Å². The molecule has 0 saturated heterocycles. The third-order valence-corrected chi connectivity index (χ3v) is 4.02. The Kier molecular flexibility index (Phi) is 6.16. The van der Waals surface area contributed by atoms with Gasteiger partial charge in [0.2, 0.25) is 5.91 Å². The molecule has 0 bridgehead atoms. The fourth-order valence-electron chi connectivity index (χ4n) is 2.28. The van der Waals surface area contributed by atoms with Crippen LogP contribution in [-0.2, 0) is 11.3 Å². The standard InChI is InChI=1S/C18H21BrN2O/c1-3-21(12-15-7-5-4-6-8-15)13-18(22)20-17-10-9-16(19)11-14(17)2/h4-11H,3,12-13H2,1-2H3,(H,20,22). The number of halogens is 1. The Labute approximate surface area is 140 Å². The Morgan fingerprint density at radius 1 is 1.18 bits per heavy atom. The highest BCUT2D eigenvalue weighted by atomic mass is 79.9. The second-order valence-corrected chi connectivity index (χ2v) is 6.21. The van der Waals surface area contributed by atoms with E-state index in [9.17, 15) is 4.79 Å². The molecular formula is C18H21BrN2O. The first kappa shape index (κ1) is 16.7. The predicted molar refractivity (Wildman–Crippen MR) is 94.9 cm³/mol. The summed E-state index contributed by atoms with van der Waals surface area (Å²) in [5.41, 5.74) is 3.13. The number of hydrogen-bond donors (Lipinski definition) is 1. The molecule has 2 rings (SSSR count). The van der Waals surface area contributed by atoms with Crippen molar-refractivity contribution in [3.63, 3.8) is 0 Å². The van der Waals surface area contributed by atoms with E-state index in [-0.39, 0.29) is 5.91 Å². The number of carbonyl (C=O) groups excluding carboxylic acids is 1. The van der Waals surface area contributed by atoms with Gasteiger partial charge in [0.15, 0.2) is 0 Å². The van der Waals surface area contributed by atoms with Crippen LogP contribution in [0.3, 0.4) is 0 Å². The number of nitrogens with one attached hydrogen (secondary N) is 1. The molecule has 2 aromatic carbocycles. The van der Waals surface area contributed by atoms with Crippen LogP contribution in [0.5, 0.6) is 0 Å². The highest BCUT2D eigenvalue weighted by Crippen LogP contribution is 2.20. The van der Waals surface area contributed by atoms with E-state index in [0.717, 1.165) is 28.8 Å². The highest BCUT2D eigenvalue weighted by Gasteiger charge is 2.11. The number of amides is 1. The Balaban J connectivity index is 1.94. The lowest BCUT2D eigenvalue weighted by Gasteiger charge is -2.20. The summed E-state index contributed by atoms with van der Waals surface area (Å²) in [5, 5.41) is 2.99. The van der Waals surface area contributed by atoms with Crippen molar-refractivity contribution in [3.05, 3.63) is 64.1 Å². The molecule has 0 heterocycles. The molecule has 0 aliphatic heterocycles. The van der Waals surface area contributed by atoms with E-state index in [1.54, 1.807) is 0 Å². The number of carbonyl (C=O) groups is 1. The van der Waals surface area contributed by atoms with Gasteiger partial charge in [-0.15, -0.1) is 0 Å². The van der Waals surface area contributed by atoms with E-state index in [1.807, 2.05) is 43.3 Å². The number of benzene rings is 2. The second-order valence-electron chi connectivity index (χ2n) is 5.30. The van der Waals surface area contributed by atoms with Crippen LogP contribution >= 0.6 is 15.9 Å². The van der Waals surface area contributed by atoms with Gasteiger partial charge in [0.25, 0.3) is 0 Å². The van der Waals surface area contributed by atoms with Crippen molar-refractivity contribution in [2.45, 2.75) is 20.4 Å². The average molecular weight is 361 g/mol. The molecule has 1 N–H and O–H groups in total. The fraction of sp³-hybridized carbons (Fsp3) is 0.278. The summed E-state index contributed by atoms with van der Waals surface area (Å²) >= 11 is 3.43. The summed E-state index contributed by atoms with van der Waals surface area (Å²) in [5.74, 6) is 0.0169. The van der Waals surface area contributed by atoms with E-state index in [1.165, 1.54) is 5.56 Å². The molecule has 0 fully saturated rings. The van der Waals surface area contributed by atoms with Gasteiger partial charge in [0, 0.05) is 16.7 Å². The maximum atomic E-state index is 12.2. The fourth-order valence-corrected chi connectivity index (χ4v) is 2.76. The number of likely N-dealkylation sites (N-methyl/N-ethyl adjacent to an activating group) is 1. The van der Waals surface area contributed by atoms with Crippen LogP contribution in [0.25, 0.3) is 0 Å². The Bertz CT molecular complexity index is 628. The molecule has 116 valence electrons. The molecule has 0 saturated carbocycles. The minimum atomic E-state index is 0.0169. The Hall–Kier alpha value is -1.65. The molecule has 0 spiro atoms. The molecule has 0 atom stereocenters. The van der Waals surface area contributed by atoms with E-state index in [2.05, 4.69) is 45.2 Å². The first-order valence-electron chi connectivity index (χ1n) is 7.40. The third kappa shape index (κ3) is 4.97. The first-order chi connectivity index (χ1) is 10.6. The number of anilines is 1. The molecule has 0 aromatic heterocycles. The Morgan fingerprint density at radius 3 is 2.55 bits per heavy atom. The molecule has 0 aliphatic carbocycles. The van der Waals surface area contributed by atoms with Crippen molar-refractivity contribution >= 4 is 27.5 Å². The van der Waals surface area contributed by atoms with Gasteiger partial charge < -0.3 is 5.32 Å². The predicted octanol–water partition coefficient (Wildman–Crippen LogP) is 4.22.